The van der Waals surface area contributed by atoms with Gasteiger partial charge >= 0.3 is 5.97 Å². The van der Waals surface area contributed by atoms with Gasteiger partial charge in [-0.15, -0.1) is 0 Å². The van der Waals surface area contributed by atoms with E-state index in [2.05, 4.69) is 5.32 Å². The fraction of sp³-hybridized carbons (Fsp3) is 0.500. The Morgan fingerprint density at radius 2 is 1.86 bits per heavy atom. The number of benzene rings is 1. The Morgan fingerprint density at radius 3 is 2.41 bits per heavy atom. The number of hydrogen-bond donors (Lipinski definition) is 1. The van der Waals surface area contributed by atoms with Gasteiger partial charge in [0, 0.05) is 6.04 Å². The van der Waals surface area contributed by atoms with Crippen LogP contribution in [0.5, 0.6) is 11.5 Å². The number of esters is 1. The quantitative estimate of drug-likeness (QED) is 0.781. The molecule has 0 fully saturated rings. The molecule has 6 nitrogen and oxygen atoms in total. The van der Waals surface area contributed by atoms with Crippen LogP contribution in [0.15, 0.2) is 18.2 Å². The zero-order valence-electron chi connectivity index (χ0n) is 13.6. The molecule has 22 heavy (non-hydrogen) atoms. The van der Waals surface area contributed by atoms with Gasteiger partial charge in [-0.3, -0.25) is 4.79 Å². The van der Waals surface area contributed by atoms with E-state index < -0.39 is 12.1 Å². The number of rotatable bonds is 7. The topological polar surface area (TPSA) is 73.9 Å². The fourth-order valence-electron chi connectivity index (χ4n) is 1.75. The highest BCUT2D eigenvalue weighted by atomic mass is 16.5. The van der Waals surface area contributed by atoms with Crippen LogP contribution in [0.1, 0.15) is 38.1 Å². The van der Waals surface area contributed by atoms with Crippen molar-refractivity contribution in [3.05, 3.63) is 23.8 Å². The number of methoxy groups -OCH3 is 1. The monoisotopic (exact) mass is 309 g/mol. The summed E-state index contributed by atoms with van der Waals surface area (Å²) in [6, 6.07) is 4.72. The molecule has 1 N–H and O–H groups in total. The molecule has 1 aromatic rings. The van der Waals surface area contributed by atoms with Crippen molar-refractivity contribution in [1.29, 1.82) is 0 Å². The third-order valence-electron chi connectivity index (χ3n) is 2.78. The molecule has 0 saturated carbocycles. The summed E-state index contributed by atoms with van der Waals surface area (Å²) in [5, 5.41) is 2.69. The van der Waals surface area contributed by atoms with E-state index in [1.54, 1.807) is 12.1 Å². The van der Waals surface area contributed by atoms with Gasteiger partial charge in [-0.2, -0.15) is 0 Å². The molecule has 0 spiro atoms. The summed E-state index contributed by atoms with van der Waals surface area (Å²) >= 11 is 0. The highest BCUT2D eigenvalue weighted by molar-refractivity contribution is 5.92. The molecular formula is C16H23NO5. The summed E-state index contributed by atoms with van der Waals surface area (Å²) in [6.45, 7) is 7.55. The number of nitrogens with one attached hydrogen (secondary N) is 1. The van der Waals surface area contributed by atoms with E-state index in [0.717, 1.165) is 0 Å². The molecule has 0 unspecified atom stereocenters. The van der Waals surface area contributed by atoms with Crippen molar-refractivity contribution in [2.75, 3.05) is 13.7 Å². The second-order valence-electron chi connectivity index (χ2n) is 5.01. The lowest BCUT2D eigenvalue weighted by Gasteiger charge is -2.16. The van der Waals surface area contributed by atoms with E-state index in [9.17, 15) is 9.59 Å². The van der Waals surface area contributed by atoms with Crippen LogP contribution in [-0.4, -0.2) is 37.7 Å². The molecular weight excluding hydrogens is 286 g/mol. The second kappa shape index (κ2) is 8.26. The van der Waals surface area contributed by atoms with Gasteiger partial charge in [0.2, 0.25) is 0 Å². The molecule has 0 aliphatic rings. The van der Waals surface area contributed by atoms with E-state index >= 15 is 0 Å². The largest absolute Gasteiger partial charge is 0.493 e. The molecule has 122 valence electrons. The van der Waals surface area contributed by atoms with Gasteiger partial charge in [-0.25, -0.2) is 4.79 Å². The summed E-state index contributed by atoms with van der Waals surface area (Å²) in [5.74, 6) is 0.0664. The first kappa shape index (κ1) is 17.8. The molecule has 0 aliphatic carbocycles. The molecule has 1 rings (SSSR count). The zero-order chi connectivity index (χ0) is 16.7. The summed E-state index contributed by atoms with van der Waals surface area (Å²) in [5.41, 5.74) is 0.296. The van der Waals surface area contributed by atoms with Gasteiger partial charge in [-0.05, 0) is 45.9 Å². The highest BCUT2D eigenvalue weighted by Crippen LogP contribution is 2.28. The van der Waals surface area contributed by atoms with Gasteiger partial charge in [0.25, 0.3) is 5.91 Å². The SMILES string of the molecule is CCOc1ccc(C(=O)O[C@H](C)C(=O)NC(C)C)cc1OC. The van der Waals surface area contributed by atoms with Gasteiger partial charge in [0.15, 0.2) is 17.6 Å². The van der Waals surface area contributed by atoms with Gasteiger partial charge < -0.3 is 19.5 Å². The summed E-state index contributed by atoms with van der Waals surface area (Å²) < 4.78 is 15.7. The summed E-state index contributed by atoms with van der Waals surface area (Å²) in [7, 11) is 1.49. The highest BCUT2D eigenvalue weighted by Gasteiger charge is 2.20. The van der Waals surface area contributed by atoms with Crippen LogP contribution in [0.3, 0.4) is 0 Å². The minimum absolute atomic E-state index is 0.0146. The Bertz CT molecular complexity index is 527. The Balaban J connectivity index is 2.79. The maximum atomic E-state index is 12.1. The van der Waals surface area contributed by atoms with E-state index in [-0.39, 0.29) is 11.9 Å². The minimum atomic E-state index is -0.868. The maximum Gasteiger partial charge on any atom is 0.339 e. The molecule has 6 heteroatoms. The summed E-state index contributed by atoms with van der Waals surface area (Å²) in [6.07, 6.45) is -0.868. The van der Waals surface area contributed by atoms with Gasteiger partial charge in [0.05, 0.1) is 19.3 Å². The van der Waals surface area contributed by atoms with Crippen LogP contribution < -0.4 is 14.8 Å². The average Bonchev–Trinajstić information content (AvgIpc) is 2.47. The third kappa shape index (κ3) is 4.95. The van der Waals surface area contributed by atoms with Crippen LogP contribution in [0.2, 0.25) is 0 Å². The Hall–Kier alpha value is -2.24. The molecule has 1 atom stereocenters. The van der Waals surface area contributed by atoms with E-state index in [0.29, 0.717) is 23.7 Å². The smallest absolute Gasteiger partial charge is 0.339 e. The third-order valence-corrected chi connectivity index (χ3v) is 2.78. The van der Waals surface area contributed by atoms with Crippen LogP contribution in [-0.2, 0) is 9.53 Å². The maximum absolute atomic E-state index is 12.1. The van der Waals surface area contributed by atoms with E-state index in [1.165, 1.54) is 20.1 Å². The lowest BCUT2D eigenvalue weighted by atomic mass is 10.2. The van der Waals surface area contributed by atoms with E-state index in [1.807, 2.05) is 20.8 Å². The lowest BCUT2D eigenvalue weighted by Crippen LogP contribution is -2.39. The lowest BCUT2D eigenvalue weighted by molar-refractivity contribution is -0.129. The Morgan fingerprint density at radius 1 is 1.18 bits per heavy atom. The predicted molar refractivity (Wildman–Crippen MR) is 82.3 cm³/mol. The van der Waals surface area contributed by atoms with Gasteiger partial charge in [0.1, 0.15) is 0 Å². The van der Waals surface area contributed by atoms with Crippen molar-refractivity contribution in [2.24, 2.45) is 0 Å². The first-order valence-corrected chi connectivity index (χ1v) is 7.21. The number of amides is 1. The molecule has 1 aromatic carbocycles. The Labute approximate surface area is 130 Å². The van der Waals surface area contributed by atoms with Crippen molar-refractivity contribution >= 4 is 11.9 Å². The van der Waals surface area contributed by atoms with Crippen LogP contribution in [0, 0.1) is 0 Å². The molecule has 0 aromatic heterocycles. The molecule has 0 heterocycles. The van der Waals surface area contributed by atoms with Crippen LogP contribution in [0.25, 0.3) is 0 Å². The molecule has 0 radical (unpaired) electrons. The van der Waals surface area contributed by atoms with Crippen LogP contribution >= 0.6 is 0 Å². The number of hydrogen-bond acceptors (Lipinski definition) is 5. The molecule has 0 bridgehead atoms. The molecule has 0 aliphatic heterocycles. The standard InChI is InChI=1S/C16H23NO5/c1-6-21-13-8-7-12(9-14(13)20-5)16(19)22-11(4)15(18)17-10(2)3/h7-11H,6H2,1-5H3,(H,17,18)/t11-/m1/s1. The molecule has 0 saturated heterocycles. The number of ether oxygens (including phenoxy) is 3. The van der Waals surface area contributed by atoms with Crippen molar-refractivity contribution in [3.63, 3.8) is 0 Å². The Kier molecular flexibility index (Phi) is 6.69. The molecule has 1 amide bonds. The van der Waals surface area contributed by atoms with Crippen molar-refractivity contribution in [3.8, 4) is 11.5 Å². The van der Waals surface area contributed by atoms with Crippen molar-refractivity contribution in [1.82, 2.24) is 5.32 Å². The number of carbonyl (C=O) groups is 2. The van der Waals surface area contributed by atoms with Crippen LogP contribution in [0.4, 0.5) is 0 Å². The van der Waals surface area contributed by atoms with Crippen molar-refractivity contribution in [2.45, 2.75) is 39.8 Å². The zero-order valence-corrected chi connectivity index (χ0v) is 13.6. The second-order valence-corrected chi connectivity index (χ2v) is 5.01. The van der Waals surface area contributed by atoms with E-state index in [4.69, 9.17) is 14.2 Å². The fourth-order valence-corrected chi connectivity index (χ4v) is 1.75. The number of carbonyl (C=O) groups excluding carboxylic acids is 2. The average molecular weight is 309 g/mol. The van der Waals surface area contributed by atoms with Crippen molar-refractivity contribution < 1.29 is 23.8 Å². The first-order chi connectivity index (χ1) is 10.4. The van der Waals surface area contributed by atoms with Gasteiger partial charge in [-0.1, -0.05) is 0 Å². The minimum Gasteiger partial charge on any atom is -0.493 e. The normalized spacial score (nSPS) is 11.7. The predicted octanol–water partition coefficient (Wildman–Crippen LogP) is 2.16. The summed E-state index contributed by atoms with van der Waals surface area (Å²) in [4.78, 5) is 23.8. The first-order valence-electron chi connectivity index (χ1n) is 7.21.